The molecule has 3 radical (unpaired) electrons. The Hall–Kier alpha value is -0.825. The van der Waals surface area contributed by atoms with Gasteiger partial charge >= 0.3 is 0 Å². The van der Waals surface area contributed by atoms with Gasteiger partial charge in [-0.05, 0) is 26.2 Å². The van der Waals surface area contributed by atoms with E-state index in [4.69, 9.17) is 0 Å². The molecule has 3 heteroatoms. The molecule has 0 unspecified atom stereocenters. The lowest BCUT2D eigenvalue weighted by Crippen LogP contribution is -1.89. The summed E-state index contributed by atoms with van der Waals surface area (Å²) in [6, 6.07) is 5.72. The minimum Gasteiger partial charge on any atom is -0.323 e. The van der Waals surface area contributed by atoms with E-state index < -0.39 is 0 Å². The third kappa shape index (κ3) is 10.2. The van der Waals surface area contributed by atoms with Gasteiger partial charge in [0.05, 0.1) is 0 Å². The number of rotatable bonds is 0. The lowest BCUT2D eigenvalue weighted by molar-refractivity contribution is 1.02. The van der Waals surface area contributed by atoms with Gasteiger partial charge in [-0.3, -0.25) is 4.98 Å². The minimum absolute atomic E-state index is 0. The fraction of sp³-hybridized carbons (Fsp3) is 0.286. The van der Waals surface area contributed by atoms with Crippen LogP contribution in [0.3, 0.4) is 0 Å². The first-order valence-electron chi connectivity index (χ1n) is 2.85. The maximum atomic E-state index is 3.78. The minimum atomic E-state index is 0. The van der Waals surface area contributed by atoms with Crippen LogP contribution in [0.1, 0.15) is 0 Å². The second kappa shape index (κ2) is 11.0. The molecule has 0 bridgehead atoms. The van der Waals surface area contributed by atoms with Crippen molar-refractivity contribution in [2.45, 2.75) is 0 Å². The van der Waals surface area contributed by atoms with E-state index in [2.05, 4.69) is 10.3 Å². The molecule has 53 valence electrons. The van der Waals surface area contributed by atoms with Crippen LogP contribution in [0.2, 0.25) is 0 Å². The first-order chi connectivity index (χ1) is 4.41. The van der Waals surface area contributed by atoms with Gasteiger partial charge < -0.3 is 5.32 Å². The van der Waals surface area contributed by atoms with Crippen LogP contribution in [0, 0.1) is 0 Å². The Morgan fingerprint density at radius 2 is 1.40 bits per heavy atom. The van der Waals surface area contributed by atoms with Crippen LogP contribution < -0.4 is 5.32 Å². The highest BCUT2D eigenvalue weighted by atomic mass is 14.7. The van der Waals surface area contributed by atoms with Crippen molar-refractivity contribution in [2.75, 3.05) is 14.1 Å². The van der Waals surface area contributed by atoms with E-state index in [-0.39, 0.29) is 8.41 Å². The summed E-state index contributed by atoms with van der Waals surface area (Å²) in [7, 11) is 3.75. The predicted octanol–water partition coefficient (Wildman–Crippen LogP) is 0.536. The highest BCUT2D eigenvalue weighted by Crippen LogP contribution is 1.73. The summed E-state index contributed by atoms with van der Waals surface area (Å²) in [6.45, 7) is 0. The monoisotopic (exact) mass is 135 g/mol. The zero-order chi connectivity index (χ0) is 6.95. The second-order valence-corrected chi connectivity index (χ2v) is 1.52. The Balaban J connectivity index is 0. The van der Waals surface area contributed by atoms with E-state index in [1.807, 2.05) is 32.3 Å². The Labute approximate surface area is 64.3 Å². The Morgan fingerprint density at radius 1 is 1.00 bits per heavy atom. The number of pyridine rings is 1. The van der Waals surface area contributed by atoms with Crippen molar-refractivity contribution in [1.82, 2.24) is 10.3 Å². The molecule has 1 heterocycles. The number of hydrogen-bond donors (Lipinski definition) is 1. The number of aromatic nitrogens is 1. The van der Waals surface area contributed by atoms with Crippen molar-refractivity contribution in [2.24, 2.45) is 0 Å². The largest absolute Gasteiger partial charge is 0.323 e. The maximum absolute atomic E-state index is 3.78. The van der Waals surface area contributed by atoms with Gasteiger partial charge in [0.2, 0.25) is 0 Å². The Kier molecular flexibility index (Phi) is 13.1. The van der Waals surface area contributed by atoms with Crippen molar-refractivity contribution < 1.29 is 0 Å². The molecule has 2 nitrogen and oxygen atoms in total. The van der Waals surface area contributed by atoms with E-state index in [0.717, 1.165) is 0 Å². The first kappa shape index (κ1) is 11.9. The average molecular weight is 135 g/mol. The van der Waals surface area contributed by atoms with Gasteiger partial charge in [-0.2, -0.15) is 0 Å². The van der Waals surface area contributed by atoms with E-state index >= 15 is 0 Å². The number of nitrogens with zero attached hydrogens (tertiary/aromatic N) is 1. The molecule has 0 atom stereocenters. The third-order valence-corrected chi connectivity index (χ3v) is 0.566. The molecule has 0 amide bonds. The fourth-order valence-corrected chi connectivity index (χ4v) is 0.313. The number of nitrogens with one attached hydrogen (secondary N) is 1. The van der Waals surface area contributed by atoms with Gasteiger partial charge in [-0.15, -0.1) is 0 Å². The fourth-order valence-electron chi connectivity index (χ4n) is 0.313. The molecule has 1 aromatic rings. The van der Waals surface area contributed by atoms with Crippen molar-refractivity contribution >= 4 is 8.41 Å². The smallest absolute Gasteiger partial charge is 0.0267 e. The van der Waals surface area contributed by atoms with Crippen molar-refractivity contribution in [3.8, 4) is 0 Å². The molecule has 0 aliphatic heterocycles. The summed E-state index contributed by atoms with van der Waals surface area (Å²) < 4.78 is 0. The quantitative estimate of drug-likeness (QED) is 0.525. The van der Waals surface area contributed by atoms with Gasteiger partial charge in [0, 0.05) is 20.8 Å². The Morgan fingerprint density at radius 3 is 1.50 bits per heavy atom. The standard InChI is InChI=1S/C5H5N.C2H7N.B/c1-2-4-6-5-3-1;1-3-2;/h1-5H;3H,1-2H3;. The topological polar surface area (TPSA) is 24.9 Å². The second-order valence-electron chi connectivity index (χ2n) is 1.52. The molecular weight excluding hydrogens is 123 g/mol. The highest BCUT2D eigenvalue weighted by molar-refractivity contribution is 5.75. The van der Waals surface area contributed by atoms with Gasteiger partial charge in [-0.1, -0.05) is 6.07 Å². The van der Waals surface area contributed by atoms with Crippen LogP contribution in [0.4, 0.5) is 0 Å². The zero-order valence-corrected chi connectivity index (χ0v) is 6.41. The molecule has 0 aromatic carbocycles. The Bertz CT molecular complexity index is 94.5. The van der Waals surface area contributed by atoms with Crippen LogP contribution in [0.25, 0.3) is 0 Å². The highest BCUT2D eigenvalue weighted by Gasteiger charge is 1.58. The van der Waals surface area contributed by atoms with Gasteiger partial charge in [0.15, 0.2) is 0 Å². The van der Waals surface area contributed by atoms with Crippen molar-refractivity contribution in [3.63, 3.8) is 0 Å². The van der Waals surface area contributed by atoms with Crippen molar-refractivity contribution in [1.29, 1.82) is 0 Å². The third-order valence-electron chi connectivity index (χ3n) is 0.566. The van der Waals surface area contributed by atoms with Crippen LogP contribution in [-0.4, -0.2) is 27.5 Å². The normalized spacial score (nSPS) is 6.60. The predicted molar refractivity (Wildman–Crippen MR) is 45.0 cm³/mol. The molecule has 0 saturated carbocycles. The SMILES string of the molecule is CNC.[B].c1ccncc1. The number of hydrogen-bond acceptors (Lipinski definition) is 2. The first-order valence-corrected chi connectivity index (χ1v) is 2.85. The van der Waals surface area contributed by atoms with Crippen LogP contribution in [0.15, 0.2) is 30.6 Å². The summed E-state index contributed by atoms with van der Waals surface area (Å²) >= 11 is 0. The van der Waals surface area contributed by atoms with Crippen LogP contribution >= 0.6 is 0 Å². The summed E-state index contributed by atoms with van der Waals surface area (Å²) in [5.41, 5.74) is 0. The molecule has 0 fully saturated rings. The van der Waals surface area contributed by atoms with Crippen molar-refractivity contribution in [3.05, 3.63) is 30.6 Å². The summed E-state index contributed by atoms with van der Waals surface area (Å²) in [4.78, 5) is 3.78. The van der Waals surface area contributed by atoms with E-state index in [9.17, 15) is 0 Å². The molecule has 0 aliphatic carbocycles. The average Bonchev–Trinajstić information content (AvgIpc) is 1.93. The van der Waals surface area contributed by atoms with Gasteiger partial charge in [-0.25, -0.2) is 0 Å². The van der Waals surface area contributed by atoms with Crippen LogP contribution in [-0.2, 0) is 0 Å². The molecule has 1 N–H and O–H groups in total. The zero-order valence-electron chi connectivity index (χ0n) is 6.41. The van der Waals surface area contributed by atoms with E-state index in [1.165, 1.54) is 0 Å². The summed E-state index contributed by atoms with van der Waals surface area (Å²) in [5.74, 6) is 0. The molecular formula is C7H12BN2. The maximum Gasteiger partial charge on any atom is 0.0267 e. The lowest BCUT2D eigenvalue weighted by Gasteiger charge is -1.70. The summed E-state index contributed by atoms with van der Waals surface area (Å²) in [6.07, 6.45) is 3.50. The molecule has 0 aliphatic rings. The van der Waals surface area contributed by atoms with Crippen LogP contribution in [0.5, 0.6) is 0 Å². The molecule has 10 heavy (non-hydrogen) atoms. The molecule has 0 spiro atoms. The molecule has 1 aromatic heterocycles. The molecule has 0 saturated heterocycles. The van der Waals surface area contributed by atoms with Gasteiger partial charge in [0.1, 0.15) is 0 Å². The van der Waals surface area contributed by atoms with Gasteiger partial charge in [0.25, 0.3) is 0 Å². The molecule has 1 rings (SSSR count). The van der Waals surface area contributed by atoms with E-state index in [0.29, 0.717) is 0 Å². The summed E-state index contributed by atoms with van der Waals surface area (Å²) in [5, 5.41) is 2.75. The lowest BCUT2D eigenvalue weighted by atomic mass is 10.5. The van der Waals surface area contributed by atoms with E-state index in [1.54, 1.807) is 12.4 Å².